The summed E-state index contributed by atoms with van der Waals surface area (Å²) in [4.78, 5) is 13.9. The first-order valence-electron chi connectivity index (χ1n) is 6.83. The number of hydrogen-bond donors (Lipinski definition) is 0. The van der Waals surface area contributed by atoms with E-state index in [1.165, 1.54) is 35.9 Å². The smallest absolute Gasteiger partial charge is 0.141 e. The molecule has 0 radical (unpaired) electrons. The Bertz CT molecular complexity index is 563. The largest absolute Gasteiger partial charge is 0.352 e. The van der Waals surface area contributed by atoms with Crippen LogP contribution in [-0.2, 0) is 0 Å². The van der Waals surface area contributed by atoms with Crippen LogP contribution in [0.3, 0.4) is 0 Å². The van der Waals surface area contributed by atoms with Gasteiger partial charge in [0.2, 0.25) is 0 Å². The maximum atomic E-state index is 4.58. The molecule has 2 aromatic rings. The van der Waals surface area contributed by atoms with Crippen LogP contribution in [0.15, 0.2) is 12.4 Å². The van der Waals surface area contributed by atoms with E-state index in [2.05, 4.69) is 43.8 Å². The summed E-state index contributed by atoms with van der Waals surface area (Å²) in [6.45, 7) is 3.16. The van der Waals surface area contributed by atoms with Crippen molar-refractivity contribution in [3.8, 4) is 0 Å². The minimum Gasteiger partial charge on any atom is -0.352 e. The van der Waals surface area contributed by atoms with Crippen molar-refractivity contribution >= 4 is 43.3 Å². The molecule has 1 aliphatic carbocycles. The van der Waals surface area contributed by atoms with E-state index in [-0.39, 0.29) is 0 Å². The van der Waals surface area contributed by atoms with Crippen LogP contribution in [0, 0.1) is 6.92 Å². The van der Waals surface area contributed by atoms with Crippen LogP contribution in [-0.4, -0.2) is 27.9 Å². The summed E-state index contributed by atoms with van der Waals surface area (Å²) in [5.41, 5.74) is 0. The van der Waals surface area contributed by atoms with E-state index in [1.54, 1.807) is 17.7 Å². The third kappa shape index (κ3) is 2.63. The number of hydrogen-bond acceptors (Lipinski definition) is 4. The van der Waals surface area contributed by atoms with Gasteiger partial charge >= 0.3 is 0 Å². The highest BCUT2D eigenvalue weighted by Gasteiger charge is 2.25. The van der Waals surface area contributed by atoms with Crippen LogP contribution < -0.4 is 4.90 Å². The highest BCUT2D eigenvalue weighted by molar-refractivity contribution is 9.09. The second kappa shape index (κ2) is 5.75. The average molecular weight is 340 g/mol. The van der Waals surface area contributed by atoms with Crippen molar-refractivity contribution in [2.45, 2.75) is 38.6 Å². The molecule has 1 saturated carbocycles. The molecule has 1 aliphatic rings. The number of anilines is 1. The summed E-state index contributed by atoms with van der Waals surface area (Å²) in [6.07, 6.45) is 6.99. The van der Waals surface area contributed by atoms with E-state index in [4.69, 9.17) is 0 Å². The molecule has 0 bridgehead atoms. The van der Waals surface area contributed by atoms with Gasteiger partial charge in [-0.15, -0.1) is 11.3 Å². The lowest BCUT2D eigenvalue weighted by molar-refractivity contribution is 0.617. The fraction of sp³-hybridized carbons (Fsp3) is 0.571. The molecule has 0 saturated heterocycles. The first kappa shape index (κ1) is 13.3. The lowest BCUT2D eigenvalue weighted by Crippen LogP contribution is -2.35. The van der Waals surface area contributed by atoms with Crippen molar-refractivity contribution in [3.63, 3.8) is 0 Å². The molecule has 19 heavy (non-hydrogen) atoms. The monoisotopic (exact) mass is 339 g/mol. The molecule has 0 aliphatic heterocycles. The first-order chi connectivity index (χ1) is 9.29. The van der Waals surface area contributed by atoms with E-state index in [0.717, 1.165) is 22.5 Å². The molecule has 0 aromatic carbocycles. The van der Waals surface area contributed by atoms with Gasteiger partial charge in [0.25, 0.3) is 0 Å². The molecular formula is C14H18BrN3S. The Balaban J connectivity index is 2.03. The molecule has 0 unspecified atom stereocenters. The van der Waals surface area contributed by atoms with Gasteiger partial charge in [0.05, 0.1) is 5.39 Å². The number of nitrogens with zero attached hydrogens (tertiary/aromatic N) is 3. The number of thiophene rings is 1. The minimum atomic E-state index is 0.649. The average Bonchev–Trinajstić information content (AvgIpc) is 3.03. The predicted octanol–water partition coefficient (Wildman–Crippen LogP) is 4.14. The highest BCUT2D eigenvalue weighted by atomic mass is 79.9. The first-order valence-corrected chi connectivity index (χ1v) is 8.77. The zero-order valence-corrected chi connectivity index (χ0v) is 13.5. The Labute approximate surface area is 126 Å². The molecule has 1 fully saturated rings. The molecule has 0 spiro atoms. The predicted molar refractivity (Wildman–Crippen MR) is 85.5 cm³/mol. The van der Waals surface area contributed by atoms with Crippen molar-refractivity contribution in [2.24, 2.45) is 0 Å². The SMILES string of the molecule is Cc1cc2c(N(CCBr)C3CCCC3)ncnc2s1. The van der Waals surface area contributed by atoms with Gasteiger partial charge in [0.1, 0.15) is 17.0 Å². The van der Waals surface area contributed by atoms with Crippen LogP contribution in [0.2, 0.25) is 0 Å². The summed E-state index contributed by atoms with van der Waals surface area (Å²) in [5, 5.41) is 2.20. The molecule has 3 nitrogen and oxygen atoms in total. The standard InChI is InChI=1S/C14H18BrN3S/c1-10-8-12-13(16-9-17-14(12)19-10)18(7-6-15)11-4-2-3-5-11/h8-9,11H,2-7H2,1H3. The maximum Gasteiger partial charge on any atom is 0.141 e. The third-order valence-electron chi connectivity index (χ3n) is 3.79. The zero-order valence-electron chi connectivity index (χ0n) is 11.1. The lowest BCUT2D eigenvalue weighted by atomic mass is 10.2. The van der Waals surface area contributed by atoms with Crippen LogP contribution in [0.1, 0.15) is 30.6 Å². The van der Waals surface area contributed by atoms with E-state index in [9.17, 15) is 0 Å². The maximum absolute atomic E-state index is 4.58. The van der Waals surface area contributed by atoms with Crippen molar-refractivity contribution in [1.82, 2.24) is 9.97 Å². The topological polar surface area (TPSA) is 29.0 Å². The molecule has 3 rings (SSSR count). The van der Waals surface area contributed by atoms with Gasteiger partial charge in [-0.1, -0.05) is 28.8 Å². The number of rotatable bonds is 4. The molecule has 0 atom stereocenters. The fourth-order valence-corrected chi connectivity index (χ4v) is 4.18. The summed E-state index contributed by atoms with van der Waals surface area (Å²) in [7, 11) is 0. The normalized spacial score (nSPS) is 16.3. The van der Waals surface area contributed by atoms with Gasteiger partial charge in [-0.05, 0) is 25.8 Å². The van der Waals surface area contributed by atoms with Crippen molar-refractivity contribution in [3.05, 3.63) is 17.3 Å². The fourth-order valence-electron chi connectivity index (χ4n) is 2.96. The van der Waals surface area contributed by atoms with Crippen molar-refractivity contribution in [1.29, 1.82) is 0 Å². The van der Waals surface area contributed by atoms with Gasteiger partial charge in [-0.2, -0.15) is 0 Å². The van der Waals surface area contributed by atoms with Gasteiger partial charge in [0.15, 0.2) is 0 Å². The summed E-state index contributed by atoms with van der Waals surface area (Å²) < 4.78 is 0. The second-order valence-electron chi connectivity index (χ2n) is 5.09. The Hall–Kier alpha value is -0.680. The number of aromatic nitrogens is 2. The Morgan fingerprint density at radius 3 is 2.89 bits per heavy atom. The Morgan fingerprint density at radius 2 is 2.16 bits per heavy atom. The van der Waals surface area contributed by atoms with Crippen molar-refractivity contribution < 1.29 is 0 Å². The lowest BCUT2D eigenvalue weighted by Gasteiger charge is -2.29. The summed E-state index contributed by atoms with van der Waals surface area (Å²) >= 11 is 5.34. The Morgan fingerprint density at radius 1 is 1.37 bits per heavy atom. The van der Waals surface area contributed by atoms with Crippen LogP contribution in [0.4, 0.5) is 5.82 Å². The second-order valence-corrected chi connectivity index (χ2v) is 7.12. The molecule has 2 heterocycles. The minimum absolute atomic E-state index is 0.649. The zero-order chi connectivity index (χ0) is 13.2. The summed E-state index contributed by atoms with van der Waals surface area (Å²) in [5.74, 6) is 1.13. The third-order valence-corrected chi connectivity index (χ3v) is 5.11. The van der Waals surface area contributed by atoms with E-state index < -0.39 is 0 Å². The molecule has 0 amide bonds. The van der Waals surface area contributed by atoms with Gasteiger partial charge in [-0.3, -0.25) is 0 Å². The molecular weight excluding hydrogens is 322 g/mol. The number of alkyl halides is 1. The molecule has 2 aromatic heterocycles. The molecule has 5 heteroatoms. The molecule has 102 valence electrons. The van der Waals surface area contributed by atoms with Crippen LogP contribution in [0.25, 0.3) is 10.2 Å². The van der Waals surface area contributed by atoms with Crippen molar-refractivity contribution in [2.75, 3.05) is 16.8 Å². The quantitative estimate of drug-likeness (QED) is 0.783. The Kier molecular flexibility index (Phi) is 4.03. The van der Waals surface area contributed by atoms with Gasteiger partial charge < -0.3 is 4.90 Å². The van der Waals surface area contributed by atoms with E-state index in [1.807, 2.05) is 0 Å². The van der Waals surface area contributed by atoms with E-state index >= 15 is 0 Å². The van der Waals surface area contributed by atoms with Crippen LogP contribution in [0.5, 0.6) is 0 Å². The molecule has 0 N–H and O–H groups in total. The highest BCUT2D eigenvalue weighted by Crippen LogP contribution is 2.34. The van der Waals surface area contributed by atoms with Gasteiger partial charge in [-0.25, -0.2) is 9.97 Å². The van der Waals surface area contributed by atoms with E-state index in [0.29, 0.717) is 6.04 Å². The number of halogens is 1. The van der Waals surface area contributed by atoms with Crippen LogP contribution >= 0.6 is 27.3 Å². The number of aryl methyl sites for hydroxylation is 1. The summed E-state index contributed by atoms with van der Waals surface area (Å²) in [6, 6.07) is 2.88. The number of fused-ring (bicyclic) bond motifs is 1. The van der Waals surface area contributed by atoms with Gasteiger partial charge in [0, 0.05) is 22.8 Å².